The van der Waals surface area contributed by atoms with Gasteiger partial charge in [-0.3, -0.25) is 4.98 Å². The van der Waals surface area contributed by atoms with E-state index in [1.165, 1.54) is 12.1 Å². The van der Waals surface area contributed by atoms with Crippen LogP contribution in [0.1, 0.15) is 10.4 Å². The number of rotatable bonds is 2. The Kier molecular flexibility index (Phi) is 2.91. The molecule has 0 amide bonds. The summed E-state index contributed by atoms with van der Waals surface area (Å²) in [6, 6.07) is 13.4. The van der Waals surface area contributed by atoms with Gasteiger partial charge in [-0.05, 0) is 35.4 Å². The molecular weight excluding hydrogens is 257 g/mol. The molecule has 0 radical (unpaired) electrons. The molecule has 3 rings (SSSR count). The maximum Gasteiger partial charge on any atom is 0.338 e. The van der Waals surface area contributed by atoms with E-state index in [0.29, 0.717) is 5.56 Å². The first-order chi connectivity index (χ1) is 9.66. The standard InChI is InChI=1S/C16H10FNO2/c17-14-9-10(6-7-13(14)16(19)20)11-3-1-5-15-12(11)4-2-8-18-15/h1-9H,(H,19,20). The van der Waals surface area contributed by atoms with Crippen LogP contribution in [0.15, 0.2) is 54.7 Å². The van der Waals surface area contributed by atoms with Gasteiger partial charge in [-0.25, -0.2) is 9.18 Å². The molecule has 1 heterocycles. The van der Waals surface area contributed by atoms with Gasteiger partial charge in [0.25, 0.3) is 0 Å². The summed E-state index contributed by atoms with van der Waals surface area (Å²) in [4.78, 5) is 15.1. The zero-order valence-corrected chi connectivity index (χ0v) is 10.4. The number of hydrogen-bond donors (Lipinski definition) is 1. The van der Waals surface area contributed by atoms with Crippen molar-refractivity contribution in [2.75, 3.05) is 0 Å². The van der Waals surface area contributed by atoms with Crippen LogP contribution in [-0.4, -0.2) is 16.1 Å². The van der Waals surface area contributed by atoms with Gasteiger partial charge in [-0.2, -0.15) is 0 Å². The van der Waals surface area contributed by atoms with Crippen LogP contribution >= 0.6 is 0 Å². The van der Waals surface area contributed by atoms with Crippen molar-refractivity contribution in [3.63, 3.8) is 0 Å². The fourth-order valence-electron chi connectivity index (χ4n) is 2.21. The lowest BCUT2D eigenvalue weighted by Gasteiger charge is -2.07. The smallest absolute Gasteiger partial charge is 0.338 e. The van der Waals surface area contributed by atoms with E-state index in [4.69, 9.17) is 5.11 Å². The molecule has 98 valence electrons. The highest BCUT2D eigenvalue weighted by Gasteiger charge is 2.12. The molecule has 0 atom stereocenters. The summed E-state index contributed by atoms with van der Waals surface area (Å²) in [5.41, 5.74) is 1.94. The molecule has 0 aliphatic carbocycles. The van der Waals surface area contributed by atoms with Gasteiger partial charge in [0.05, 0.1) is 11.1 Å². The fourth-order valence-corrected chi connectivity index (χ4v) is 2.21. The van der Waals surface area contributed by atoms with E-state index < -0.39 is 11.8 Å². The highest BCUT2D eigenvalue weighted by Crippen LogP contribution is 2.28. The summed E-state index contributed by atoms with van der Waals surface area (Å²) >= 11 is 0. The van der Waals surface area contributed by atoms with Crippen molar-refractivity contribution in [2.24, 2.45) is 0 Å². The number of nitrogens with zero attached hydrogens (tertiary/aromatic N) is 1. The Morgan fingerprint density at radius 1 is 1.10 bits per heavy atom. The summed E-state index contributed by atoms with van der Waals surface area (Å²) in [6.07, 6.45) is 1.69. The van der Waals surface area contributed by atoms with Gasteiger partial charge in [0, 0.05) is 11.6 Å². The first-order valence-electron chi connectivity index (χ1n) is 6.04. The number of benzene rings is 2. The normalized spacial score (nSPS) is 10.7. The maximum absolute atomic E-state index is 13.8. The van der Waals surface area contributed by atoms with Crippen LogP contribution in [0, 0.1) is 5.82 Å². The van der Waals surface area contributed by atoms with Crippen LogP contribution in [0.4, 0.5) is 4.39 Å². The van der Waals surface area contributed by atoms with E-state index in [0.717, 1.165) is 16.5 Å². The van der Waals surface area contributed by atoms with Gasteiger partial charge in [0.2, 0.25) is 0 Å². The van der Waals surface area contributed by atoms with Gasteiger partial charge in [0.15, 0.2) is 0 Å². The highest BCUT2D eigenvalue weighted by atomic mass is 19.1. The molecule has 0 saturated heterocycles. The van der Waals surface area contributed by atoms with E-state index in [-0.39, 0.29) is 5.56 Å². The molecule has 0 unspecified atom stereocenters. The minimum Gasteiger partial charge on any atom is -0.478 e. The molecule has 1 aromatic heterocycles. The van der Waals surface area contributed by atoms with Crippen LogP contribution in [0.5, 0.6) is 0 Å². The maximum atomic E-state index is 13.8. The van der Waals surface area contributed by atoms with Crippen LogP contribution in [0.2, 0.25) is 0 Å². The molecule has 0 aliphatic rings. The second-order valence-corrected chi connectivity index (χ2v) is 4.38. The van der Waals surface area contributed by atoms with Crippen molar-refractivity contribution >= 4 is 16.9 Å². The van der Waals surface area contributed by atoms with Crippen molar-refractivity contribution in [3.8, 4) is 11.1 Å². The summed E-state index contributed by atoms with van der Waals surface area (Å²) in [6.45, 7) is 0. The predicted molar refractivity (Wildman–Crippen MR) is 74.1 cm³/mol. The monoisotopic (exact) mass is 267 g/mol. The molecule has 20 heavy (non-hydrogen) atoms. The fraction of sp³-hybridized carbons (Fsp3) is 0. The second kappa shape index (κ2) is 4.74. The molecule has 0 bridgehead atoms. The molecule has 0 fully saturated rings. The number of aromatic carboxylic acids is 1. The van der Waals surface area contributed by atoms with E-state index in [1.807, 2.05) is 30.3 Å². The lowest BCUT2D eigenvalue weighted by atomic mass is 9.99. The molecule has 3 nitrogen and oxygen atoms in total. The number of carbonyl (C=O) groups is 1. The lowest BCUT2D eigenvalue weighted by molar-refractivity contribution is 0.0692. The Bertz CT molecular complexity index is 809. The Morgan fingerprint density at radius 3 is 2.70 bits per heavy atom. The summed E-state index contributed by atoms with van der Waals surface area (Å²) in [5.74, 6) is -2.01. The minimum absolute atomic E-state index is 0.327. The minimum atomic E-state index is -1.27. The number of pyridine rings is 1. The third kappa shape index (κ3) is 2.01. The van der Waals surface area contributed by atoms with Crippen molar-refractivity contribution in [1.82, 2.24) is 4.98 Å². The zero-order valence-electron chi connectivity index (χ0n) is 10.4. The quantitative estimate of drug-likeness (QED) is 0.769. The first-order valence-corrected chi connectivity index (χ1v) is 6.04. The summed E-state index contributed by atoms with van der Waals surface area (Å²) in [5, 5.41) is 9.75. The number of carboxylic acids is 1. The molecule has 0 aliphatic heterocycles. The third-order valence-corrected chi connectivity index (χ3v) is 3.16. The van der Waals surface area contributed by atoms with Gasteiger partial charge in [0.1, 0.15) is 5.82 Å². The average Bonchev–Trinajstić information content (AvgIpc) is 2.46. The summed E-state index contributed by atoms with van der Waals surface area (Å²) in [7, 11) is 0. The van der Waals surface area contributed by atoms with Crippen molar-refractivity contribution < 1.29 is 14.3 Å². The van der Waals surface area contributed by atoms with Crippen LogP contribution in [0.3, 0.4) is 0 Å². The van der Waals surface area contributed by atoms with Crippen molar-refractivity contribution in [3.05, 3.63) is 66.1 Å². The Hall–Kier alpha value is -2.75. The third-order valence-electron chi connectivity index (χ3n) is 3.16. The van der Waals surface area contributed by atoms with E-state index in [2.05, 4.69) is 4.98 Å². The van der Waals surface area contributed by atoms with Crippen molar-refractivity contribution in [2.45, 2.75) is 0 Å². The van der Waals surface area contributed by atoms with Gasteiger partial charge < -0.3 is 5.11 Å². The number of fused-ring (bicyclic) bond motifs is 1. The van der Waals surface area contributed by atoms with E-state index in [9.17, 15) is 9.18 Å². The van der Waals surface area contributed by atoms with Crippen LogP contribution in [-0.2, 0) is 0 Å². The lowest BCUT2D eigenvalue weighted by Crippen LogP contribution is -2.00. The molecule has 1 N–H and O–H groups in total. The zero-order chi connectivity index (χ0) is 14.1. The molecule has 0 spiro atoms. The first kappa shape index (κ1) is 12.3. The molecule has 2 aromatic carbocycles. The van der Waals surface area contributed by atoms with Crippen molar-refractivity contribution in [1.29, 1.82) is 0 Å². The molecule has 0 saturated carbocycles. The molecular formula is C16H10FNO2. The predicted octanol–water partition coefficient (Wildman–Crippen LogP) is 3.74. The van der Waals surface area contributed by atoms with Gasteiger partial charge >= 0.3 is 5.97 Å². The van der Waals surface area contributed by atoms with Gasteiger partial charge in [-0.1, -0.05) is 24.3 Å². The second-order valence-electron chi connectivity index (χ2n) is 4.38. The average molecular weight is 267 g/mol. The number of aromatic nitrogens is 1. The van der Waals surface area contributed by atoms with Gasteiger partial charge in [-0.15, -0.1) is 0 Å². The number of halogens is 1. The van der Waals surface area contributed by atoms with Crippen LogP contribution < -0.4 is 0 Å². The number of carboxylic acid groups (broad SMARTS) is 1. The largest absolute Gasteiger partial charge is 0.478 e. The Labute approximate surface area is 114 Å². The Balaban J connectivity index is 2.21. The highest BCUT2D eigenvalue weighted by molar-refractivity contribution is 5.95. The topological polar surface area (TPSA) is 50.2 Å². The summed E-state index contributed by atoms with van der Waals surface area (Å²) < 4.78 is 13.8. The molecule has 4 heteroatoms. The molecule has 3 aromatic rings. The SMILES string of the molecule is O=C(O)c1ccc(-c2cccc3ncccc23)cc1F. The van der Waals surface area contributed by atoms with E-state index >= 15 is 0 Å². The number of hydrogen-bond acceptors (Lipinski definition) is 2. The van der Waals surface area contributed by atoms with E-state index in [1.54, 1.807) is 12.3 Å². The van der Waals surface area contributed by atoms with Crippen LogP contribution in [0.25, 0.3) is 22.0 Å². The Morgan fingerprint density at radius 2 is 1.95 bits per heavy atom.